The summed E-state index contributed by atoms with van der Waals surface area (Å²) in [5.74, 6) is 4.57. The molecule has 1 aliphatic heterocycles. The smallest absolute Gasteiger partial charge is 0.191 e. The van der Waals surface area contributed by atoms with Gasteiger partial charge < -0.3 is 20.1 Å². The zero-order chi connectivity index (χ0) is 20.8. The summed E-state index contributed by atoms with van der Waals surface area (Å²) in [6.45, 7) is 7.68. The minimum Gasteiger partial charge on any atom is -0.493 e. The molecule has 0 spiro atoms. The van der Waals surface area contributed by atoms with Crippen LogP contribution in [0.25, 0.3) is 0 Å². The number of aryl methyl sites for hydroxylation is 1. The van der Waals surface area contributed by atoms with Gasteiger partial charge in [0.15, 0.2) is 23.3 Å². The van der Waals surface area contributed by atoms with E-state index in [0.29, 0.717) is 12.5 Å². The molecule has 0 saturated carbocycles. The fourth-order valence-corrected chi connectivity index (χ4v) is 3.29. The van der Waals surface area contributed by atoms with Gasteiger partial charge in [-0.15, -0.1) is 24.0 Å². The fourth-order valence-electron chi connectivity index (χ4n) is 3.29. The minimum absolute atomic E-state index is 0. The lowest BCUT2D eigenvalue weighted by Gasteiger charge is -2.26. The Morgan fingerprint density at radius 2 is 2.00 bits per heavy atom. The SMILES string of the molecule is CN=C(NCC(C)Oc1ccccc1OC)NC1CCc2nc(C(C)C)nn2C1.I. The summed E-state index contributed by atoms with van der Waals surface area (Å²) in [6.07, 6.45) is 1.87. The lowest BCUT2D eigenvalue weighted by Crippen LogP contribution is -2.48. The second kappa shape index (κ2) is 11.4. The molecule has 166 valence electrons. The molecule has 2 heterocycles. The number of aliphatic imine (C=N–C) groups is 1. The summed E-state index contributed by atoms with van der Waals surface area (Å²) >= 11 is 0. The summed E-state index contributed by atoms with van der Waals surface area (Å²) in [4.78, 5) is 9.00. The Morgan fingerprint density at radius 3 is 2.67 bits per heavy atom. The maximum Gasteiger partial charge on any atom is 0.191 e. The Labute approximate surface area is 195 Å². The summed E-state index contributed by atoms with van der Waals surface area (Å²) in [6, 6.07) is 7.92. The molecule has 8 nitrogen and oxygen atoms in total. The molecular weight excluding hydrogens is 495 g/mol. The van der Waals surface area contributed by atoms with Crippen LogP contribution < -0.4 is 20.1 Å². The van der Waals surface area contributed by atoms with E-state index in [9.17, 15) is 0 Å². The van der Waals surface area contributed by atoms with Crippen LogP contribution in [0, 0.1) is 0 Å². The molecule has 2 unspecified atom stereocenters. The maximum atomic E-state index is 6.00. The first-order valence-corrected chi connectivity index (χ1v) is 10.2. The summed E-state index contributed by atoms with van der Waals surface area (Å²) in [5.41, 5.74) is 0. The molecule has 2 atom stereocenters. The standard InChI is InChI=1S/C21H32N6O2.HI/c1-14(2)20-25-19-11-10-16(13-27(19)26-20)24-21(22-4)23-12-15(3)29-18-9-7-6-8-17(18)28-5;/h6-9,14-16H,10-13H2,1-5H3,(H2,22,23,24);1H. The first kappa shape index (κ1) is 24.2. The number of halogens is 1. The molecule has 9 heteroatoms. The van der Waals surface area contributed by atoms with Gasteiger partial charge in [0, 0.05) is 25.4 Å². The van der Waals surface area contributed by atoms with Gasteiger partial charge in [-0.3, -0.25) is 4.99 Å². The molecule has 30 heavy (non-hydrogen) atoms. The summed E-state index contributed by atoms with van der Waals surface area (Å²) in [7, 11) is 3.42. The highest BCUT2D eigenvalue weighted by atomic mass is 127. The molecule has 1 aromatic heterocycles. The van der Waals surface area contributed by atoms with Crippen LogP contribution in [-0.4, -0.2) is 53.6 Å². The molecule has 2 N–H and O–H groups in total. The van der Waals surface area contributed by atoms with E-state index in [1.54, 1.807) is 14.2 Å². The lowest BCUT2D eigenvalue weighted by atomic mass is 10.1. The molecule has 3 rings (SSSR count). The maximum absolute atomic E-state index is 6.00. The normalized spacial score (nSPS) is 17.0. The predicted molar refractivity (Wildman–Crippen MR) is 129 cm³/mol. The second-order valence-electron chi connectivity index (χ2n) is 7.64. The highest BCUT2D eigenvalue weighted by Gasteiger charge is 2.23. The number of fused-ring (bicyclic) bond motifs is 1. The lowest BCUT2D eigenvalue weighted by molar-refractivity contribution is 0.213. The largest absolute Gasteiger partial charge is 0.493 e. The average Bonchev–Trinajstić information content (AvgIpc) is 3.15. The van der Waals surface area contributed by atoms with Crippen molar-refractivity contribution < 1.29 is 9.47 Å². The van der Waals surface area contributed by atoms with Gasteiger partial charge in [-0.1, -0.05) is 26.0 Å². The third kappa shape index (κ3) is 6.23. The zero-order valence-electron chi connectivity index (χ0n) is 18.4. The average molecular weight is 528 g/mol. The highest BCUT2D eigenvalue weighted by molar-refractivity contribution is 14.0. The van der Waals surface area contributed by atoms with Crippen molar-refractivity contribution in [3.8, 4) is 11.5 Å². The minimum atomic E-state index is -0.0493. The number of guanidine groups is 1. The molecule has 1 aromatic carbocycles. The van der Waals surface area contributed by atoms with Gasteiger partial charge in [-0.2, -0.15) is 5.10 Å². The van der Waals surface area contributed by atoms with E-state index in [-0.39, 0.29) is 36.1 Å². The van der Waals surface area contributed by atoms with Crippen LogP contribution in [0.15, 0.2) is 29.3 Å². The molecule has 0 radical (unpaired) electrons. The van der Waals surface area contributed by atoms with E-state index in [1.165, 1.54) is 0 Å². The number of nitrogens with one attached hydrogen (secondary N) is 2. The van der Waals surface area contributed by atoms with Crippen molar-refractivity contribution in [3.63, 3.8) is 0 Å². The van der Waals surface area contributed by atoms with Crippen molar-refractivity contribution in [1.29, 1.82) is 0 Å². The Morgan fingerprint density at radius 1 is 1.27 bits per heavy atom. The van der Waals surface area contributed by atoms with Gasteiger partial charge >= 0.3 is 0 Å². The van der Waals surface area contributed by atoms with Crippen molar-refractivity contribution in [2.45, 2.75) is 58.2 Å². The van der Waals surface area contributed by atoms with Gasteiger partial charge in [0.2, 0.25) is 0 Å². The van der Waals surface area contributed by atoms with Crippen LogP contribution in [0.2, 0.25) is 0 Å². The molecule has 1 aliphatic rings. The van der Waals surface area contributed by atoms with Gasteiger partial charge in [-0.05, 0) is 25.5 Å². The van der Waals surface area contributed by atoms with E-state index in [1.807, 2.05) is 35.9 Å². The number of para-hydroxylation sites is 2. The second-order valence-corrected chi connectivity index (χ2v) is 7.64. The Kier molecular flexibility index (Phi) is 9.19. The van der Waals surface area contributed by atoms with E-state index < -0.39 is 0 Å². The monoisotopic (exact) mass is 528 g/mol. The van der Waals surface area contributed by atoms with Gasteiger partial charge in [-0.25, -0.2) is 9.67 Å². The molecule has 0 amide bonds. The van der Waals surface area contributed by atoms with Crippen molar-refractivity contribution in [2.75, 3.05) is 20.7 Å². The third-order valence-electron chi connectivity index (χ3n) is 4.91. The van der Waals surface area contributed by atoms with Crippen molar-refractivity contribution in [3.05, 3.63) is 35.9 Å². The molecular formula is C21H33IN6O2. The first-order valence-electron chi connectivity index (χ1n) is 10.2. The van der Waals surface area contributed by atoms with Crippen molar-refractivity contribution in [2.24, 2.45) is 4.99 Å². The fraction of sp³-hybridized carbons (Fsp3) is 0.571. The Bertz CT molecular complexity index is 839. The number of hydrogen-bond donors (Lipinski definition) is 2. The van der Waals surface area contributed by atoms with E-state index in [0.717, 1.165) is 48.5 Å². The number of methoxy groups -OCH3 is 1. The first-order chi connectivity index (χ1) is 14.0. The van der Waals surface area contributed by atoms with Crippen LogP contribution in [-0.2, 0) is 13.0 Å². The molecule has 0 fully saturated rings. The van der Waals surface area contributed by atoms with Crippen LogP contribution in [0.1, 0.15) is 44.8 Å². The Hall–Kier alpha value is -2.04. The van der Waals surface area contributed by atoms with E-state index in [4.69, 9.17) is 9.47 Å². The van der Waals surface area contributed by atoms with Crippen LogP contribution in [0.4, 0.5) is 0 Å². The van der Waals surface area contributed by atoms with E-state index in [2.05, 4.69) is 39.6 Å². The molecule has 0 saturated heterocycles. The number of nitrogens with zero attached hydrogens (tertiary/aromatic N) is 4. The number of rotatable bonds is 7. The quantitative estimate of drug-likeness (QED) is 0.327. The zero-order valence-corrected chi connectivity index (χ0v) is 20.7. The van der Waals surface area contributed by atoms with Crippen LogP contribution in [0.3, 0.4) is 0 Å². The topological polar surface area (TPSA) is 85.6 Å². The van der Waals surface area contributed by atoms with E-state index >= 15 is 0 Å². The number of hydrogen-bond acceptors (Lipinski definition) is 5. The Balaban J connectivity index is 0.00000320. The summed E-state index contributed by atoms with van der Waals surface area (Å²) < 4.78 is 13.4. The van der Waals surface area contributed by atoms with Gasteiger partial charge in [0.1, 0.15) is 11.9 Å². The number of ether oxygens (including phenoxy) is 2. The van der Waals surface area contributed by atoms with Crippen LogP contribution >= 0.6 is 24.0 Å². The number of aromatic nitrogens is 3. The van der Waals surface area contributed by atoms with Crippen molar-refractivity contribution >= 4 is 29.9 Å². The van der Waals surface area contributed by atoms with Gasteiger partial charge in [0.05, 0.1) is 20.2 Å². The highest BCUT2D eigenvalue weighted by Crippen LogP contribution is 2.26. The van der Waals surface area contributed by atoms with Gasteiger partial charge in [0.25, 0.3) is 0 Å². The third-order valence-corrected chi connectivity index (χ3v) is 4.91. The molecule has 0 aliphatic carbocycles. The molecule has 0 bridgehead atoms. The predicted octanol–water partition coefficient (Wildman–Crippen LogP) is 2.98. The number of benzene rings is 1. The summed E-state index contributed by atoms with van der Waals surface area (Å²) in [5, 5.41) is 11.5. The van der Waals surface area contributed by atoms with Crippen LogP contribution in [0.5, 0.6) is 11.5 Å². The molecule has 2 aromatic rings. The van der Waals surface area contributed by atoms with Crippen molar-refractivity contribution in [1.82, 2.24) is 25.4 Å².